The topological polar surface area (TPSA) is 61.4 Å². The average Bonchev–Trinajstić information content (AvgIpc) is 2.30. The molecular weight excluding hydrogens is 275 g/mol. The maximum Gasteiger partial charge on any atom is 0.319 e. The number of rotatable bonds is 4. The van der Waals surface area contributed by atoms with Crippen molar-refractivity contribution < 1.29 is 9.90 Å². The number of halogens is 2. The zero-order valence-electron chi connectivity index (χ0n) is 10.2. The molecule has 100 valence electrons. The summed E-state index contributed by atoms with van der Waals surface area (Å²) in [5.74, 6) is 0.135. The second-order valence-corrected chi connectivity index (χ2v) is 5.10. The van der Waals surface area contributed by atoms with Crippen LogP contribution in [0, 0.1) is 5.92 Å². The summed E-state index contributed by atoms with van der Waals surface area (Å²) in [6.07, 6.45) is 0. The van der Waals surface area contributed by atoms with Gasteiger partial charge in [-0.05, 0) is 24.1 Å². The predicted molar refractivity (Wildman–Crippen MR) is 74.3 cm³/mol. The number of hydrogen-bond acceptors (Lipinski definition) is 2. The first-order chi connectivity index (χ1) is 8.43. The third-order valence-electron chi connectivity index (χ3n) is 2.49. The van der Waals surface area contributed by atoms with E-state index in [4.69, 9.17) is 28.3 Å². The second kappa shape index (κ2) is 6.83. The fourth-order valence-electron chi connectivity index (χ4n) is 1.34. The molecule has 0 aliphatic rings. The Morgan fingerprint density at radius 3 is 2.61 bits per heavy atom. The summed E-state index contributed by atoms with van der Waals surface area (Å²) in [4.78, 5) is 11.7. The first-order valence-corrected chi connectivity index (χ1v) is 6.33. The molecule has 0 aliphatic carbocycles. The number of urea groups is 1. The highest BCUT2D eigenvalue weighted by Crippen LogP contribution is 2.25. The maximum absolute atomic E-state index is 11.7. The van der Waals surface area contributed by atoms with Gasteiger partial charge >= 0.3 is 6.03 Å². The molecule has 0 radical (unpaired) electrons. The van der Waals surface area contributed by atoms with Crippen molar-refractivity contribution >= 4 is 34.9 Å². The van der Waals surface area contributed by atoms with Gasteiger partial charge in [-0.15, -0.1) is 0 Å². The van der Waals surface area contributed by atoms with E-state index < -0.39 is 6.03 Å². The first-order valence-electron chi connectivity index (χ1n) is 5.57. The predicted octanol–water partition coefficient (Wildman–Crippen LogP) is 3.13. The molecule has 0 spiro atoms. The van der Waals surface area contributed by atoms with E-state index in [1.54, 1.807) is 18.2 Å². The van der Waals surface area contributed by atoms with Gasteiger partial charge in [-0.25, -0.2) is 4.79 Å². The van der Waals surface area contributed by atoms with Crippen LogP contribution in [0.2, 0.25) is 10.0 Å². The van der Waals surface area contributed by atoms with Crippen molar-refractivity contribution in [2.45, 2.75) is 19.9 Å². The summed E-state index contributed by atoms with van der Waals surface area (Å²) >= 11 is 11.7. The SMILES string of the molecule is CC(C)[C@@H](CO)NC(=O)Nc1cc(Cl)ccc1Cl. The number of carbonyl (C=O) groups excluding carboxylic acids is 1. The van der Waals surface area contributed by atoms with Crippen molar-refractivity contribution in [3.63, 3.8) is 0 Å². The second-order valence-electron chi connectivity index (χ2n) is 4.26. The number of hydrogen-bond donors (Lipinski definition) is 3. The summed E-state index contributed by atoms with van der Waals surface area (Å²) < 4.78 is 0. The Morgan fingerprint density at radius 2 is 2.06 bits per heavy atom. The third-order valence-corrected chi connectivity index (χ3v) is 3.06. The lowest BCUT2D eigenvalue weighted by Gasteiger charge is -2.20. The minimum Gasteiger partial charge on any atom is -0.394 e. The third kappa shape index (κ3) is 4.37. The Morgan fingerprint density at radius 1 is 1.39 bits per heavy atom. The van der Waals surface area contributed by atoms with Crippen LogP contribution in [0.4, 0.5) is 10.5 Å². The Bertz CT molecular complexity index is 425. The maximum atomic E-state index is 11.7. The van der Waals surface area contributed by atoms with E-state index in [2.05, 4.69) is 10.6 Å². The molecule has 3 N–H and O–H groups in total. The Kier molecular flexibility index (Phi) is 5.72. The summed E-state index contributed by atoms with van der Waals surface area (Å²) in [5, 5.41) is 15.3. The molecule has 0 aliphatic heterocycles. The number of aliphatic hydroxyl groups is 1. The molecule has 1 aromatic carbocycles. The Hall–Kier alpha value is -0.970. The van der Waals surface area contributed by atoms with E-state index in [-0.39, 0.29) is 18.6 Å². The molecule has 1 rings (SSSR count). The summed E-state index contributed by atoms with van der Waals surface area (Å²) in [6.45, 7) is 3.70. The fraction of sp³-hybridized carbons (Fsp3) is 0.417. The van der Waals surface area contributed by atoms with E-state index in [0.717, 1.165) is 0 Å². The van der Waals surface area contributed by atoms with Gasteiger partial charge in [0.25, 0.3) is 0 Å². The molecule has 4 nitrogen and oxygen atoms in total. The zero-order valence-corrected chi connectivity index (χ0v) is 11.7. The first kappa shape index (κ1) is 15.1. The van der Waals surface area contributed by atoms with Crippen LogP contribution in [0.15, 0.2) is 18.2 Å². The number of anilines is 1. The van der Waals surface area contributed by atoms with Gasteiger partial charge in [0.1, 0.15) is 0 Å². The largest absolute Gasteiger partial charge is 0.394 e. The number of nitrogens with one attached hydrogen (secondary N) is 2. The summed E-state index contributed by atoms with van der Waals surface area (Å²) in [6, 6.07) is 4.07. The van der Waals surface area contributed by atoms with E-state index in [0.29, 0.717) is 15.7 Å². The van der Waals surface area contributed by atoms with Crippen molar-refractivity contribution in [1.29, 1.82) is 0 Å². The lowest BCUT2D eigenvalue weighted by atomic mass is 10.1. The smallest absolute Gasteiger partial charge is 0.319 e. The van der Waals surface area contributed by atoms with Crippen molar-refractivity contribution in [3.8, 4) is 0 Å². The van der Waals surface area contributed by atoms with Crippen LogP contribution in [-0.4, -0.2) is 23.8 Å². The van der Waals surface area contributed by atoms with Crippen LogP contribution < -0.4 is 10.6 Å². The monoisotopic (exact) mass is 290 g/mol. The van der Waals surface area contributed by atoms with Gasteiger partial charge in [0.05, 0.1) is 23.4 Å². The number of amides is 2. The van der Waals surface area contributed by atoms with Crippen LogP contribution in [0.25, 0.3) is 0 Å². The molecule has 0 fully saturated rings. The minimum atomic E-state index is -0.424. The highest BCUT2D eigenvalue weighted by Gasteiger charge is 2.15. The molecule has 0 aromatic heterocycles. The molecule has 6 heteroatoms. The van der Waals surface area contributed by atoms with E-state index >= 15 is 0 Å². The number of carbonyl (C=O) groups is 1. The lowest BCUT2D eigenvalue weighted by molar-refractivity contribution is 0.204. The molecule has 0 saturated carbocycles. The number of benzene rings is 1. The molecule has 0 heterocycles. The average molecular weight is 291 g/mol. The van der Waals surface area contributed by atoms with Gasteiger partial charge in [0.2, 0.25) is 0 Å². The van der Waals surface area contributed by atoms with Gasteiger partial charge in [-0.1, -0.05) is 37.0 Å². The Balaban J connectivity index is 2.67. The van der Waals surface area contributed by atoms with Crippen LogP contribution >= 0.6 is 23.2 Å². The van der Waals surface area contributed by atoms with Crippen molar-refractivity contribution in [1.82, 2.24) is 5.32 Å². The van der Waals surface area contributed by atoms with Crippen LogP contribution in [-0.2, 0) is 0 Å². The normalized spacial score (nSPS) is 12.3. The van der Waals surface area contributed by atoms with Gasteiger partial charge < -0.3 is 15.7 Å². The van der Waals surface area contributed by atoms with Crippen LogP contribution in [0.5, 0.6) is 0 Å². The summed E-state index contributed by atoms with van der Waals surface area (Å²) in [7, 11) is 0. The minimum absolute atomic E-state index is 0.117. The molecule has 18 heavy (non-hydrogen) atoms. The fourth-order valence-corrected chi connectivity index (χ4v) is 1.68. The van der Waals surface area contributed by atoms with Crippen LogP contribution in [0.3, 0.4) is 0 Å². The van der Waals surface area contributed by atoms with Crippen LogP contribution in [0.1, 0.15) is 13.8 Å². The van der Waals surface area contributed by atoms with Crippen molar-refractivity contribution in [2.24, 2.45) is 5.92 Å². The quantitative estimate of drug-likeness (QED) is 0.798. The highest BCUT2D eigenvalue weighted by molar-refractivity contribution is 6.35. The lowest BCUT2D eigenvalue weighted by Crippen LogP contribution is -2.43. The standard InChI is InChI=1S/C12H16Cl2N2O2/c1-7(2)11(6-17)16-12(18)15-10-5-8(13)3-4-9(10)14/h3-5,7,11,17H,6H2,1-2H3,(H2,15,16,18)/t11-/m1/s1. The number of aliphatic hydroxyl groups excluding tert-OH is 1. The summed E-state index contributed by atoms with van der Waals surface area (Å²) in [5.41, 5.74) is 0.433. The van der Waals surface area contributed by atoms with Gasteiger partial charge in [0.15, 0.2) is 0 Å². The van der Waals surface area contributed by atoms with E-state index in [1.165, 1.54) is 0 Å². The van der Waals surface area contributed by atoms with E-state index in [1.807, 2.05) is 13.8 Å². The molecule has 1 atom stereocenters. The molecular formula is C12H16Cl2N2O2. The van der Waals surface area contributed by atoms with Crippen molar-refractivity contribution in [2.75, 3.05) is 11.9 Å². The molecule has 0 unspecified atom stereocenters. The molecule has 2 amide bonds. The van der Waals surface area contributed by atoms with Gasteiger partial charge in [0, 0.05) is 5.02 Å². The van der Waals surface area contributed by atoms with E-state index in [9.17, 15) is 4.79 Å². The van der Waals surface area contributed by atoms with Gasteiger partial charge in [-0.2, -0.15) is 0 Å². The zero-order chi connectivity index (χ0) is 13.7. The molecule has 1 aromatic rings. The highest BCUT2D eigenvalue weighted by atomic mass is 35.5. The van der Waals surface area contributed by atoms with Gasteiger partial charge in [-0.3, -0.25) is 0 Å². The van der Waals surface area contributed by atoms with Crippen molar-refractivity contribution in [3.05, 3.63) is 28.2 Å². The Labute approximate surface area is 116 Å². The molecule has 0 saturated heterocycles. The molecule has 0 bridgehead atoms.